The van der Waals surface area contributed by atoms with Crippen molar-refractivity contribution in [2.75, 3.05) is 6.26 Å². The van der Waals surface area contributed by atoms with Gasteiger partial charge in [0.15, 0.2) is 0 Å². The minimum absolute atomic E-state index is 0.0891. The first-order chi connectivity index (χ1) is 9.44. The van der Waals surface area contributed by atoms with E-state index in [0.717, 1.165) is 19.3 Å². The number of rotatable bonds is 7. The van der Waals surface area contributed by atoms with E-state index in [1.165, 1.54) is 4.57 Å². The van der Waals surface area contributed by atoms with Gasteiger partial charge in [-0.25, -0.2) is 4.79 Å². The van der Waals surface area contributed by atoms with E-state index in [0.29, 0.717) is 18.5 Å². The molecule has 0 unspecified atom stereocenters. The van der Waals surface area contributed by atoms with E-state index < -0.39 is 5.69 Å². The molecule has 0 fully saturated rings. The van der Waals surface area contributed by atoms with Gasteiger partial charge in [0.2, 0.25) is 0 Å². The van der Waals surface area contributed by atoms with Crippen LogP contribution in [0.25, 0.3) is 0 Å². The molecule has 0 atom stereocenters. The van der Waals surface area contributed by atoms with Crippen LogP contribution in [0.1, 0.15) is 45.6 Å². The van der Waals surface area contributed by atoms with Crippen LogP contribution in [-0.4, -0.2) is 20.6 Å². The molecule has 1 aromatic rings. The molecular formula is C14H23ClN2O2S. The van der Waals surface area contributed by atoms with E-state index in [-0.39, 0.29) is 15.5 Å². The van der Waals surface area contributed by atoms with Gasteiger partial charge in [-0.3, -0.25) is 14.3 Å². The van der Waals surface area contributed by atoms with Gasteiger partial charge in [-0.05, 0) is 25.5 Å². The van der Waals surface area contributed by atoms with Crippen molar-refractivity contribution >= 4 is 23.4 Å². The van der Waals surface area contributed by atoms with Crippen LogP contribution in [0.4, 0.5) is 0 Å². The van der Waals surface area contributed by atoms with Crippen LogP contribution in [0.2, 0.25) is 5.15 Å². The Morgan fingerprint density at radius 2 is 1.85 bits per heavy atom. The molecule has 114 valence electrons. The molecule has 4 nitrogen and oxygen atoms in total. The number of aromatic amines is 1. The smallest absolute Gasteiger partial charge is 0.297 e. The first-order valence-corrected chi connectivity index (χ1v) is 8.61. The predicted molar refractivity (Wildman–Crippen MR) is 87.2 cm³/mol. The highest BCUT2D eigenvalue weighted by molar-refractivity contribution is 8.00. The topological polar surface area (TPSA) is 54.9 Å². The fraction of sp³-hybridized carbons (Fsp3) is 0.714. The zero-order valence-corrected chi connectivity index (χ0v) is 14.2. The Morgan fingerprint density at radius 3 is 2.30 bits per heavy atom. The number of aromatic nitrogens is 2. The lowest BCUT2D eigenvalue weighted by atomic mass is 10.0. The van der Waals surface area contributed by atoms with Crippen molar-refractivity contribution in [3.05, 3.63) is 31.6 Å². The molecule has 0 spiro atoms. The lowest BCUT2D eigenvalue weighted by Gasteiger charge is -2.30. The molecule has 0 amide bonds. The SMILES string of the molecule is CCCc1c(Cl)[nH]c(=O)n(CC(CC)(CC)SC)c1=O. The van der Waals surface area contributed by atoms with E-state index in [1.54, 1.807) is 11.8 Å². The molecular weight excluding hydrogens is 296 g/mol. The third-order valence-electron chi connectivity index (χ3n) is 3.90. The number of nitrogens with zero attached hydrogens (tertiary/aromatic N) is 1. The van der Waals surface area contributed by atoms with E-state index in [4.69, 9.17) is 11.6 Å². The summed E-state index contributed by atoms with van der Waals surface area (Å²) in [5.74, 6) is 0. The molecule has 0 aliphatic rings. The van der Waals surface area contributed by atoms with Crippen molar-refractivity contribution in [3.8, 4) is 0 Å². The normalized spacial score (nSPS) is 11.8. The van der Waals surface area contributed by atoms with Crippen LogP contribution in [-0.2, 0) is 13.0 Å². The number of nitrogens with one attached hydrogen (secondary N) is 1. The molecule has 0 saturated carbocycles. The van der Waals surface area contributed by atoms with Crippen molar-refractivity contribution in [3.63, 3.8) is 0 Å². The first kappa shape index (κ1) is 17.4. The standard InChI is InChI=1S/C14H23ClN2O2S/c1-5-8-10-11(15)16-13(19)17(12(10)18)9-14(6-2,7-3)20-4/h5-9H2,1-4H3,(H,16,19). The van der Waals surface area contributed by atoms with Gasteiger partial charge in [0, 0.05) is 11.3 Å². The summed E-state index contributed by atoms with van der Waals surface area (Å²) in [5.41, 5.74) is -0.155. The second kappa shape index (κ2) is 7.36. The minimum Gasteiger partial charge on any atom is -0.297 e. The van der Waals surface area contributed by atoms with Gasteiger partial charge >= 0.3 is 5.69 Å². The Bertz CT molecular complexity index is 553. The van der Waals surface area contributed by atoms with Gasteiger partial charge < -0.3 is 0 Å². The van der Waals surface area contributed by atoms with Crippen molar-refractivity contribution in [1.82, 2.24) is 9.55 Å². The maximum atomic E-state index is 12.5. The van der Waals surface area contributed by atoms with Crippen LogP contribution in [0.3, 0.4) is 0 Å². The molecule has 0 aliphatic heterocycles. The predicted octanol–water partition coefficient (Wildman–Crippen LogP) is 3.06. The quantitative estimate of drug-likeness (QED) is 0.786. The van der Waals surface area contributed by atoms with E-state index in [2.05, 4.69) is 18.8 Å². The van der Waals surface area contributed by atoms with Crippen LogP contribution in [0.15, 0.2) is 9.59 Å². The average molecular weight is 319 g/mol. The zero-order valence-electron chi connectivity index (χ0n) is 12.6. The minimum atomic E-state index is -0.417. The van der Waals surface area contributed by atoms with Crippen molar-refractivity contribution < 1.29 is 0 Å². The van der Waals surface area contributed by atoms with Crippen LogP contribution >= 0.6 is 23.4 Å². The van der Waals surface area contributed by atoms with Gasteiger partial charge in [0.25, 0.3) is 5.56 Å². The fourth-order valence-corrected chi connectivity index (χ4v) is 3.40. The molecule has 6 heteroatoms. The molecule has 1 rings (SSSR count). The molecule has 1 aromatic heterocycles. The molecule has 0 bridgehead atoms. The van der Waals surface area contributed by atoms with Crippen molar-refractivity contribution in [2.45, 2.75) is 57.7 Å². The summed E-state index contributed by atoms with van der Waals surface area (Å²) >= 11 is 7.69. The molecule has 1 N–H and O–H groups in total. The lowest BCUT2D eigenvalue weighted by molar-refractivity contribution is 0.444. The van der Waals surface area contributed by atoms with Gasteiger partial charge in [0.1, 0.15) is 5.15 Å². The first-order valence-electron chi connectivity index (χ1n) is 7.01. The highest BCUT2D eigenvalue weighted by Gasteiger charge is 2.27. The maximum Gasteiger partial charge on any atom is 0.329 e. The lowest BCUT2D eigenvalue weighted by Crippen LogP contribution is -2.43. The summed E-state index contributed by atoms with van der Waals surface area (Å²) in [6.07, 6.45) is 5.23. The summed E-state index contributed by atoms with van der Waals surface area (Å²) in [7, 11) is 0. The van der Waals surface area contributed by atoms with Crippen LogP contribution in [0, 0.1) is 0 Å². The average Bonchev–Trinajstić information content (AvgIpc) is 2.44. The number of hydrogen-bond acceptors (Lipinski definition) is 3. The zero-order chi connectivity index (χ0) is 15.3. The summed E-state index contributed by atoms with van der Waals surface area (Å²) in [6, 6.07) is 0. The van der Waals surface area contributed by atoms with Gasteiger partial charge in [0.05, 0.1) is 5.56 Å². The van der Waals surface area contributed by atoms with Gasteiger partial charge in [-0.2, -0.15) is 11.8 Å². The molecule has 1 heterocycles. The largest absolute Gasteiger partial charge is 0.329 e. The van der Waals surface area contributed by atoms with Gasteiger partial charge in [-0.15, -0.1) is 0 Å². The third kappa shape index (κ3) is 3.50. The fourth-order valence-electron chi connectivity index (χ4n) is 2.31. The van der Waals surface area contributed by atoms with E-state index >= 15 is 0 Å². The van der Waals surface area contributed by atoms with Crippen LogP contribution in [0.5, 0.6) is 0 Å². The highest BCUT2D eigenvalue weighted by atomic mass is 35.5. The van der Waals surface area contributed by atoms with E-state index in [1.807, 2.05) is 13.2 Å². The van der Waals surface area contributed by atoms with Crippen LogP contribution < -0.4 is 11.2 Å². The molecule has 0 aromatic carbocycles. The Balaban J connectivity index is 3.35. The second-order valence-corrected chi connectivity index (χ2v) is 6.61. The molecule has 0 aliphatic carbocycles. The monoisotopic (exact) mass is 318 g/mol. The van der Waals surface area contributed by atoms with E-state index in [9.17, 15) is 9.59 Å². The van der Waals surface area contributed by atoms with Crippen molar-refractivity contribution in [2.24, 2.45) is 0 Å². The molecule has 0 saturated heterocycles. The molecule has 0 radical (unpaired) electrons. The number of halogens is 1. The Morgan fingerprint density at radius 1 is 1.25 bits per heavy atom. The Labute approximate surface area is 128 Å². The summed E-state index contributed by atoms with van der Waals surface area (Å²) in [4.78, 5) is 27.1. The Kier molecular flexibility index (Phi) is 6.40. The summed E-state index contributed by atoms with van der Waals surface area (Å²) < 4.78 is 1.22. The second-order valence-electron chi connectivity index (χ2n) is 4.96. The third-order valence-corrected chi connectivity index (χ3v) is 5.79. The maximum absolute atomic E-state index is 12.5. The van der Waals surface area contributed by atoms with Gasteiger partial charge in [-0.1, -0.05) is 38.8 Å². The summed E-state index contributed by atoms with van der Waals surface area (Å²) in [6.45, 7) is 6.57. The number of H-pyrrole nitrogens is 1. The van der Waals surface area contributed by atoms with Crippen molar-refractivity contribution in [1.29, 1.82) is 0 Å². The Hall–Kier alpha value is -0.680. The summed E-state index contributed by atoms with van der Waals surface area (Å²) in [5, 5.41) is 0.181. The molecule has 20 heavy (non-hydrogen) atoms. The number of hydrogen-bond donors (Lipinski definition) is 1. The highest BCUT2D eigenvalue weighted by Crippen LogP contribution is 2.31. The number of thioether (sulfide) groups is 1.